The van der Waals surface area contributed by atoms with Gasteiger partial charge in [0, 0.05) is 11.8 Å². The Kier molecular flexibility index (Phi) is 5.16. The highest BCUT2D eigenvalue weighted by Gasteiger charge is 2.43. The second-order valence-electron chi connectivity index (χ2n) is 8.17. The number of hydrogen-bond acceptors (Lipinski definition) is 6. The second-order valence-corrected chi connectivity index (χ2v) is 8.17. The lowest BCUT2D eigenvalue weighted by atomic mass is 9.91. The molecule has 3 heterocycles. The Bertz CT molecular complexity index is 1200. The molecule has 170 valence electrons. The highest BCUT2D eigenvalue weighted by atomic mass is 16.6. The van der Waals surface area contributed by atoms with Crippen molar-refractivity contribution >= 4 is 23.6 Å². The van der Waals surface area contributed by atoms with E-state index in [1.54, 1.807) is 18.2 Å². The smallest absolute Gasteiger partial charge is 0.338 e. The van der Waals surface area contributed by atoms with Crippen LogP contribution in [0.25, 0.3) is 0 Å². The van der Waals surface area contributed by atoms with Gasteiger partial charge in [0.2, 0.25) is 5.91 Å². The van der Waals surface area contributed by atoms with Gasteiger partial charge in [-0.15, -0.1) is 0 Å². The average molecular weight is 449 g/mol. The number of nitrogens with one attached hydrogen (secondary N) is 2. The Morgan fingerprint density at radius 3 is 2.67 bits per heavy atom. The molecule has 3 aliphatic heterocycles. The predicted octanol–water partition coefficient (Wildman–Crippen LogP) is 2.59. The number of urea groups is 1. The maximum atomic E-state index is 13.0. The van der Waals surface area contributed by atoms with Crippen molar-refractivity contribution in [3.63, 3.8) is 0 Å². The molecule has 0 unspecified atom stereocenters. The Morgan fingerprint density at radius 2 is 1.85 bits per heavy atom. The first-order valence-corrected chi connectivity index (χ1v) is 10.7. The topological polar surface area (TPSA) is 106 Å². The lowest BCUT2D eigenvalue weighted by Crippen LogP contribution is -2.49. The van der Waals surface area contributed by atoms with Gasteiger partial charge in [-0.05, 0) is 37.1 Å². The van der Waals surface area contributed by atoms with Crippen LogP contribution in [0.1, 0.15) is 22.7 Å². The number of fused-ring (bicyclic) bond motifs is 1. The lowest BCUT2D eigenvalue weighted by molar-refractivity contribution is -0.136. The third-order valence-corrected chi connectivity index (χ3v) is 5.87. The summed E-state index contributed by atoms with van der Waals surface area (Å²) in [5, 5.41) is 5.64. The molecule has 33 heavy (non-hydrogen) atoms. The van der Waals surface area contributed by atoms with Crippen LogP contribution in [0.3, 0.4) is 0 Å². The molecule has 9 nitrogen and oxygen atoms in total. The number of anilines is 1. The Hall–Kier alpha value is -4.01. The number of benzene rings is 2. The van der Waals surface area contributed by atoms with Gasteiger partial charge in [0.15, 0.2) is 11.5 Å². The maximum absolute atomic E-state index is 13.0. The molecule has 9 heteroatoms. The van der Waals surface area contributed by atoms with Gasteiger partial charge in [0.1, 0.15) is 26.4 Å². The monoisotopic (exact) mass is 449 g/mol. The molecule has 0 fully saturated rings. The third kappa shape index (κ3) is 3.86. The summed E-state index contributed by atoms with van der Waals surface area (Å²) in [5.74, 6) is 0.251. The number of ether oxygens (including phenoxy) is 3. The number of rotatable bonds is 4. The van der Waals surface area contributed by atoms with Crippen molar-refractivity contribution in [3.8, 4) is 11.5 Å². The standard InChI is InChI=1S/C24H23N3O6/c1-13-3-4-14(2)16(9-13)22-21-17(12-33-23(21)29)27(24(30)26-22)11-20(28)25-15-5-6-18-19(10-15)32-8-7-31-18/h3-6,9-10,22H,7-8,11-12H2,1-2H3,(H,25,28)(H,26,30)/t22-/m0/s1. The van der Waals surface area contributed by atoms with Gasteiger partial charge in [0.05, 0.1) is 17.3 Å². The van der Waals surface area contributed by atoms with Crippen LogP contribution in [0, 0.1) is 13.8 Å². The highest BCUT2D eigenvalue weighted by Crippen LogP contribution is 2.37. The van der Waals surface area contributed by atoms with Crippen LogP contribution in [0.4, 0.5) is 10.5 Å². The summed E-state index contributed by atoms with van der Waals surface area (Å²) in [6.07, 6.45) is 0. The number of esters is 1. The number of nitrogens with zero attached hydrogens (tertiary/aromatic N) is 1. The van der Waals surface area contributed by atoms with E-state index in [2.05, 4.69) is 10.6 Å². The van der Waals surface area contributed by atoms with Gasteiger partial charge in [-0.3, -0.25) is 9.69 Å². The van der Waals surface area contributed by atoms with E-state index in [0.29, 0.717) is 41.7 Å². The van der Waals surface area contributed by atoms with Gasteiger partial charge in [-0.25, -0.2) is 9.59 Å². The Labute approximate surface area is 190 Å². The fraction of sp³-hybridized carbons (Fsp3) is 0.292. The minimum atomic E-state index is -0.625. The number of cyclic esters (lactones) is 1. The van der Waals surface area contributed by atoms with Crippen LogP contribution < -0.4 is 20.1 Å². The first kappa shape index (κ1) is 20.9. The maximum Gasteiger partial charge on any atom is 0.338 e. The number of hydrogen-bond donors (Lipinski definition) is 2. The van der Waals surface area contributed by atoms with Crippen molar-refractivity contribution in [3.05, 3.63) is 64.4 Å². The van der Waals surface area contributed by atoms with Gasteiger partial charge in [-0.2, -0.15) is 0 Å². The summed E-state index contributed by atoms with van der Waals surface area (Å²) in [7, 11) is 0. The minimum Gasteiger partial charge on any atom is -0.486 e. The quantitative estimate of drug-likeness (QED) is 0.695. The molecule has 3 aliphatic rings. The van der Waals surface area contributed by atoms with E-state index in [-0.39, 0.29) is 13.2 Å². The molecule has 0 bridgehead atoms. The number of amides is 3. The van der Waals surface area contributed by atoms with Crippen molar-refractivity contribution in [2.45, 2.75) is 19.9 Å². The first-order chi connectivity index (χ1) is 15.9. The number of aryl methyl sites for hydroxylation is 2. The van der Waals surface area contributed by atoms with Crippen LogP contribution in [0.2, 0.25) is 0 Å². The zero-order chi connectivity index (χ0) is 23.1. The predicted molar refractivity (Wildman–Crippen MR) is 118 cm³/mol. The third-order valence-electron chi connectivity index (χ3n) is 5.87. The number of carbonyl (C=O) groups is 3. The van der Waals surface area contributed by atoms with Gasteiger partial charge in [0.25, 0.3) is 0 Å². The van der Waals surface area contributed by atoms with Crippen LogP contribution >= 0.6 is 0 Å². The van der Waals surface area contributed by atoms with E-state index in [1.807, 2.05) is 32.0 Å². The molecule has 0 radical (unpaired) electrons. The summed E-state index contributed by atoms with van der Waals surface area (Å²) >= 11 is 0. The fourth-order valence-corrected chi connectivity index (χ4v) is 4.25. The second kappa shape index (κ2) is 8.16. The van der Waals surface area contributed by atoms with Crippen LogP contribution in [-0.2, 0) is 14.3 Å². The number of carbonyl (C=O) groups excluding carboxylic acids is 3. The van der Waals surface area contributed by atoms with E-state index in [0.717, 1.165) is 16.7 Å². The molecule has 3 amide bonds. The minimum absolute atomic E-state index is 0.0553. The zero-order valence-electron chi connectivity index (χ0n) is 18.3. The van der Waals surface area contributed by atoms with Gasteiger partial charge >= 0.3 is 12.0 Å². The Morgan fingerprint density at radius 1 is 1.06 bits per heavy atom. The molecule has 5 rings (SSSR count). The summed E-state index contributed by atoms with van der Waals surface area (Å²) in [5.41, 5.74) is 4.07. The van der Waals surface area contributed by atoms with Crippen molar-refractivity contribution in [2.75, 3.05) is 31.7 Å². The van der Waals surface area contributed by atoms with E-state index >= 15 is 0 Å². The van der Waals surface area contributed by atoms with Crippen molar-refractivity contribution < 1.29 is 28.6 Å². The van der Waals surface area contributed by atoms with Gasteiger partial charge < -0.3 is 24.8 Å². The molecule has 0 spiro atoms. The molecule has 0 aliphatic carbocycles. The largest absolute Gasteiger partial charge is 0.486 e. The van der Waals surface area contributed by atoms with Crippen molar-refractivity contribution in [2.24, 2.45) is 0 Å². The van der Waals surface area contributed by atoms with E-state index in [1.165, 1.54) is 4.90 Å². The van der Waals surface area contributed by atoms with Crippen molar-refractivity contribution in [1.82, 2.24) is 10.2 Å². The average Bonchev–Trinajstić information content (AvgIpc) is 3.18. The first-order valence-electron chi connectivity index (χ1n) is 10.7. The zero-order valence-corrected chi connectivity index (χ0v) is 18.3. The molecule has 2 N–H and O–H groups in total. The molecular weight excluding hydrogens is 426 g/mol. The molecule has 0 saturated heterocycles. The summed E-state index contributed by atoms with van der Waals surface area (Å²) in [4.78, 5) is 39.6. The normalized spacial score (nSPS) is 19.1. The lowest BCUT2D eigenvalue weighted by Gasteiger charge is -2.33. The summed E-state index contributed by atoms with van der Waals surface area (Å²) in [6, 6.07) is 9.87. The van der Waals surface area contributed by atoms with Crippen molar-refractivity contribution in [1.29, 1.82) is 0 Å². The van der Waals surface area contributed by atoms with E-state index in [9.17, 15) is 14.4 Å². The van der Waals surface area contributed by atoms with Crippen LogP contribution in [0.15, 0.2) is 47.7 Å². The molecule has 1 atom stereocenters. The molecule has 0 saturated carbocycles. The molecule has 0 aromatic heterocycles. The molecule has 2 aromatic rings. The van der Waals surface area contributed by atoms with Crippen LogP contribution in [0.5, 0.6) is 11.5 Å². The SMILES string of the molecule is Cc1ccc(C)c([C@@H]2NC(=O)N(CC(=O)Nc3ccc4c(c3)OCCO4)C3=C2C(=O)OC3)c1. The molecule has 2 aromatic carbocycles. The van der Waals surface area contributed by atoms with Gasteiger partial charge in [-0.1, -0.05) is 23.8 Å². The Balaban J connectivity index is 1.39. The molecular formula is C24H23N3O6. The van der Waals surface area contributed by atoms with Crippen LogP contribution in [-0.4, -0.2) is 49.2 Å². The highest BCUT2D eigenvalue weighted by molar-refractivity contribution is 6.00. The fourth-order valence-electron chi connectivity index (χ4n) is 4.25. The van der Waals surface area contributed by atoms with E-state index < -0.39 is 23.9 Å². The van der Waals surface area contributed by atoms with E-state index in [4.69, 9.17) is 14.2 Å². The summed E-state index contributed by atoms with van der Waals surface area (Å²) < 4.78 is 16.3. The summed E-state index contributed by atoms with van der Waals surface area (Å²) in [6.45, 7) is 4.46.